The van der Waals surface area contributed by atoms with Crippen molar-refractivity contribution >= 4 is 0 Å². The predicted molar refractivity (Wildman–Crippen MR) is 50.0 cm³/mol. The number of rotatable bonds is 5. The van der Waals surface area contributed by atoms with Crippen molar-refractivity contribution in [3.8, 4) is 0 Å². The summed E-state index contributed by atoms with van der Waals surface area (Å²) in [5, 5.41) is 1.43. The van der Waals surface area contributed by atoms with Crippen LogP contribution in [0, 0.1) is 0 Å². The average molecular weight is 252 g/mol. The van der Waals surface area contributed by atoms with Gasteiger partial charge in [-0.1, -0.05) is 0 Å². The van der Waals surface area contributed by atoms with Crippen LogP contribution in [0.2, 0.25) is 9.53 Å². The van der Waals surface area contributed by atoms with Gasteiger partial charge in [-0.15, -0.1) is 0 Å². The van der Waals surface area contributed by atoms with Gasteiger partial charge in [-0.3, -0.25) is 0 Å². The van der Waals surface area contributed by atoms with E-state index >= 15 is 0 Å². The molecule has 0 aliphatic heterocycles. The quantitative estimate of drug-likeness (QED) is 0.536. The van der Waals surface area contributed by atoms with Crippen LogP contribution in [0.3, 0.4) is 0 Å². The third-order valence-electron chi connectivity index (χ3n) is 1.69. The fourth-order valence-corrected chi connectivity index (χ4v) is 3.13. The zero-order valence-electron chi connectivity index (χ0n) is 7.81. The third kappa shape index (κ3) is 4.18. The molecule has 1 aliphatic rings. The first kappa shape index (κ1) is 10.1. The second-order valence-corrected chi connectivity index (χ2v) is 5.91. The Morgan fingerprint density at radius 3 is 2.50 bits per heavy atom. The number of hydrogen-bond donors (Lipinski definition) is 0. The zero-order chi connectivity index (χ0) is 8.81. The Labute approximate surface area is 83.1 Å². The molecule has 0 fully saturated rings. The van der Waals surface area contributed by atoms with Gasteiger partial charge in [-0.05, 0) is 0 Å². The van der Waals surface area contributed by atoms with Crippen LogP contribution < -0.4 is 0 Å². The van der Waals surface area contributed by atoms with E-state index < -0.39 is 0 Å². The van der Waals surface area contributed by atoms with Crippen molar-refractivity contribution in [3.05, 3.63) is 24.3 Å². The van der Waals surface area contributed by atoms with Crippen LogP contribution in [0.1, 0.15) is 6.42 Å². The summed E-state index contributed by atoms with van der Waals surface area (Å²) in [7, 11) is 4.29. The standard InChI is InChI=1S/C5H12N.C5H5.Ru/c1-4-5-6(2)3;1-2-4-5-3-1;/h1,4-5H2,2-3H3;1-5H;. The van der Waals surface area contributed by atoms with Crippen molar-refractivity contribution in [2.75, 3.05) is 20.6 Å². The minimum atomic E-state index is 0.558. The van der Waals surface area contributed by atoms with Gasteiger partial charge in [0.05, 0.1) is 0 Å². The fraction of sp³-hybridized carbons (Fsp3) is 0.600. The van der Waals surface area contributed by atoms with Crippen LogP contribution in [0.25, 0.3) is 0 Å². The van der Waals surface area contributed by atoms with Crippen LogP contribution in [-0.4, -0.2) is 25.5 Å². The SMILES string of the molecule is CN(C)CC[CH2][Ru][CH]1C=CC=C1. The van der Waals surface area contributed by atoms with Crippen molar-refractivity contribution in [1.29, 1.82) is 0 Å². The summed E-state index contributed by atoms with van der Waals surface area (Å²) in [6.45, 7) is 1.24. The van der Waals surface area contributed by atoms with E-state index in [-0.39, 0.29) is 0 Å². The maximum absolute atomic E-state index is 2.33. The van der Waals surface area contributed by atoms with Gasteiger partial charge < -0.3 is 0 Å². The Morgan fingerprint density at radius 2 is 1.92 bits per heavy atom. The molecule has 70 valence electrons. The van der Waals surface area contributed by atoms with E-state index in [1.54, 1.807) is 0 Å². The molecule has 0 spiro atoms. The summed E-state index contributed by atoms with van der Waals surface area (Å²) in [5.41, 5.74) is 0. The molecule has 0 unspecified atom stereocenters. The van der Waals surface area contributed by atoms with Crippen molar-refractivity contribution < 1.29 is 17.1 Å². The Balaban J connectivity index is 1.95. The van der Waals surface area contributed by atoms with Gasteiger partial charge in [0.15, 0.2) is 0 Å². The molecule has 0 atom stereocenters. The van der Waals surface area contributed by atoms with Crippen molar-refractivity contribution in [2.45, 2.75) is 15.9 Å². The topological polar surface area (TPSA) is 3.24 Å². The molecule has 0 amide bonds. The molecule has 0 heterocycles. The van der Waals surface area contributed by atoms with E-state index in [1.165, 1.54) is 18.0 Å². The van der Waals surface area contributed by atoms with Crippen LogP contribution in [0.4, 0.5) is 0 Å². The summed E-state index contributed by atoms with van der Waals surface area (Å²) in [6, 6.07) is 0. The summed E-state index contributed by atoms with van der Waals surface area (Å²) < 4.78 is 0.819. The van der Waals surface area contributed by atoms with E-state index in [9.17, 15) is 0 Å². The molecule has 0 aromatic heterocycles. The molecule has 1 aliphatic carbocycles. The molecular formula is C10H17NRu. The number of allylic oxidation sites excluding steroid dienone is 4. The average Bonchev–Trinajstić information content (AvgIpc) is 2.49. The van der Waals surface area contributed by atoms with Crippen molar-refractivity contribution in [3.63, 3.8) is 0 Å². The first-order valence-electron chi connectivity index (χ1n) is 4.33. The molecule has 0 N–H and O–H groups in total. The molecule has 0 radical (unpaired) electrons. The van der Waals surface area contributed by atoms with E-state index in [1.807, 2.05) is 0 Å². The molecule has 0 bridgehead atoms. The van der Waals surface area contributed by atoms with E-state index in [0.717, 1.165) is 4.51 Å². The maximum atomic E-state index is 2.33. The summed E-state index contributed by atoms with van der Waals surface area (Å²) in [6.07, 6.45) is 10.4. The van der Waals surface area contributed by atoms with E-state index in [4.69, 9.17) is 0 Å². The van der Waals surface area contributed by atoms with Gasteiger partial charge >= 0.3 is 82.9 Å². The molecule has 0 aromatic rings. The van der Waals surface area contributed by atoms with Crippen molar-refractivity contribution in [2.24, 2.45) is 0 Å². The van der Waals surface area contributed by atoms with E-state index in [0.29, 0.717) is 17.1 Å². The fourth-order valence-electron chi connectivity index (χ4n) is 1.06. The van der Waals surface area contributed by atoms with Gasteiger partial charge in [0.2, 0.25) is 0 Å². The van der Waals surface area contributed by atoms with Gasteiger partial charge in [0, 0.05) is 0 Å². The predicted octanol–water partition coefficient (Wildman–Crippen LogP) is 2.35. The molecule has 0 aromatic carbocycles. The molecule has 12 heavy (non-hydrogen) atoms. The molecule has 2 heteroatoms. The Morgan fingerprint density at radius 1 is 1.25 bits per heavy atom. The van der Waals surface area contributed by atoms with Crippen LogP contribution >= 0.6 is 0 Å². The van der Waals surface area contributed by atoms with Gasteiger partial charge in [-0.25, -0.2) is 0 Å². The summed E-state index contributed by atoms with van der Waals surface area (Å²) >= 11 is 0.558. The first-order chi connectivity index (χ1) is 5.79. The van der Waals surface area contributed by atoms with Gasteiger partial charge in [-0.2, -0.15) is 0 Å². The zero-order valence-corrected chi connectivity index (χ0v) is 9.55. The van der Waals surface area contributed by atoms with Gasteiger partial charge in [0.25, 0.3) is 0 Å². The van der Waals surface area contributed by atoms with Gasteiger partial charge in [0.1, 0.15) is 0 Å². The summed E-state index contributed by atoms with van der Waals surface area (Å²) in [5.74, 6) is 0. The Kier molecular flexibility index (Phi) is 4.79. The Bertz CT molecular complexity index is 161. The number of hydrogen-bond acceptors (Lipinski definition) is 1. The minimum absolute atomic E-state index is 0.558. The van der Waals surface area contributed by atoms with Crippen molar-refractivity contribution in [1.82, 2.24) is 4.90 Å². The molecule has 1 nitrogen and oxygen atoms in total. The monoisotopic (exact) mass is 253 g/mol. The van der Waals surface area contributed by atoms with Crippen LogP contribution in [0.15, 0.2) is 24.3 Å². The van der Waals surface area contributed by atoms with Crippen LogP contribution in [-0.2, 0) is 17.1 Å². The number of nitrogens with zero attached hydrogens (tertiary/aromatic N) is 1. The molecule has 1 rings (SSSR count). The third-order valence-corrected chi connectivity index (χ3v) is 4.30. The molecule has 0 saturated heterocycles. The van der Waals surface area contributed by atoms with Crippen LogP contribution in [0.5, 0.6) is 0 Å². The second-order valence-electron chi connectivity index (χ2n) is 3.18. The molecular weight excluding hydrogens is 235 g/mol. The summed E-state index contributed by atoms with van der Waals surface area (Å²) in [4.78, 5) is 2.26. The normalized spacial score (nSPS) is 16.9. The first-order valence-corrected chi connectivity index (χ1v) is 6.56. The second kappa shape index (κ2) is 5.66. The van der Waals surface area contributed by atoms with E-state index in [2.05, 4.69) is 43.3 Å². The molecule has 0 saturated carbocycles. The Hall–Kier alpha value is 0.0634.